The van der Waals surface area contributed by atoms with Crippen molar-refractivity contribution in [3.05, 3.63) is 38.9 Å². The van der Waals surface area contributed by atoms with Crippen molar-refractivity contribution in [2.24, 2.45) is 5.41 Å². The Morgan fingerprint density at radius 1 is 1.38 bits per heavy atom. The van der Waals surface area contributed by atoms with E-state index in [1.54, 1.807) is 4.90 Å². The van der Waals surface area contributed by atoms with Gasteiger partial charge in [-0.1, -0.05) is 25.4 Å². The number of nitrogens with zero attached hydrogens (tertiary/aromatic N) is 2. The first-order chi connectivity index (χ1) is 9.78. The van der Waals surface area contributed by atoms with Crippen molar-refractivity contribution in [3.63, 3.8) is 0 Å². The van der Waals surface area contributed by atoms with Gasteiger partial charge >= 0.3 is 0 Å². The number of carbonyl (C=O) groups is 1. The summed E-state index contributed by atoms with van der Waals surface area (Å²) in [6, 6.07) is 4.34. The lowest BCUT2D eigenvalue weighted by Gasteiger charge is -2.23. The lowest BCUT2D eigenvalue weighted by molar-refractivity contribution is -0.384. The summed E-state index contributed by atoms with van der Waals surface area (Å²) in [4.78, 5) is 24.3. The molecule has 1 aliphatic heterocycles. The zero-order valence-electron chi connectivity index (χ0n) is 12.3. The van der Waals surface area contributed by atoms with Crippen molar-refractivity contribution < 1.29 is 9.72 Å². The Kier molecular flexibility index (Phi) is 4.52. The predicted molar refractivity (Wildman–Crippen MR) is 81.2 cm³/mol. The van der Waals surface area contributed by atoms with E-state index in [2.05, 4.69) is 13.8 Å². The second-order valence-electron chi connectivity index (χ2n) is 6.26. The van der Waals surface area contributed by atoms with Gasteiger partial charge < -0.3 is 4.90 Å². The Morgan fingerprint density at radius 3 is 2.76 bits per heavy atom. The van der Waals surface area contributed by atoms with E-state index in [1.165, 1.54) is 18.2 Å². The van der Waals surface area contributed by atoms with E-state index in [4.69, 9.17) is 11.6 Å². The van der Waals surface area contributed by atoms with Crippen molar-refractivity contribution in [1.29, 1.82) is 0 Å². The van der Waals surface area contributed by atoms with Crippen LogP contribution < -0.4 is 0 Å². The molecule has 5 nitrogen and oxygen atoms in total. The minimum Gasteiger partial charge on any atom is -0.338 e. The second kappa shape index (κ2) is 6.02. The Labute approximate surface area is 129 Å². The first kappa shape index (κ1) is 15.8. The second-order valence-corrected chi connectivity index (χ2v) is 6.67. The summed E-state index contributed by atoms with van der Waals surface area (Å²) in [6.07, 6.45) is 2.30. The number of non-ortho nitro benzene ring substituents is 1. The Hall–Kier alpha value is -1.62. The molecule has 0 aromatic heterocycles. The normalized spacial score (nSPS) is 18.4. The molecule has 1 fully saturated rings. The summed E-state index contributed by atoms with van der Waals surface area (Å²) in [5.41, 5.74) is 0.771. The van der Waals surface area contributed by atoms with Crippen LogP contribution in [0.15, 0.2) is 18.2 Å². The highest BCUT2D eigenvalue weighted by molar-refractivity contribution is 6.31. The lowest BCUT2D eigenvalue weighted by Crippen LogP contribution is -2.30. The van der Waals surface area contributed by atoms with Crippen LogP contribution in [0.1, 0.15) is 38.7 Å². The molecule has 1 aromatic carbocycles. The van der Waals surface area contributed by atoms with E-state index in [9.17, 15) is 14.9 Å². The molecule has 1 heterocycles. The Balaban J connectivity index is 2.19. The fraction of sp³-hybridized carbons (Fsp3) is 0.533. The number of hydrogen-bond donors (Lipinski definition) is 0. The fourth-order valence-electron chi connectivity index (χ4n) is 2.46. The highest BCUT2D eigenvalue weighted by Gasteiger charge is 2.27. The van der Waals surface area contributed by atoms with E-state index in [1.807, 2.05) is 0 Å². The largest absolute Gasteiger partial charge is 0.338 e. The average molecular weight is 311 g/mol. The van der Waals surface area contributed by atoms with E-state index in [-0.39, 0.29) is 17.0 Å². The van der Waals surface area contributed by atoms with Crippen LogP contribution in [-0.4, -0.2) is 22.3 Å². The van der Waals surface area contributed by atoms with Crippen LogP contribution in [0.4, 0.5) is 5.69 Å². The average Bonchev–Trinajstić information content (AvgIpc) is 2.54. The monoisotopic (exact) mass is 310 g/mol. The maximum absolute atomic E-state index is 12.2. The van der Waals surface area contributed by atoms with Gasteiger partial charge in [0.1, 0.15) is 0 Å². The molecule has 2 rings (SSSR count). The molecule has 0 radical (unpaired) electrons. The van der Waals surface area contributed by atoms with Gasteiger partial charge in [-0.2, -0.15) is 0 Å². The first-order valence-electron chi connectivity index (χ1n) is 6.99. The summed E-state index contributed by atoms with van der Waals surface area (Å²) >= 11 is 6.10. The fourth-order valence-corrected chi connectivity index (χ4v) is 2.64. The minimum absolute atomic E-state index is 0.00278. The van der Waals surface area contributed by atoms with Gasteiger partial charge in [0.25, 0.3) is 5.69 Å². The number of hydrogen-bond acceptors (Lipinski definition) is 3. The molecule has 0 spiro atoms. The van der Waals surface area contributed by atoms with Gasteiger partial charge in [-0.15, -0.1) is 0 Å². The summed E-state index contributed by atoms with van der Waals surface area (Å²) in [5.74, 6) is 0.0862. The number of nitro groups is 1. The number of amides is 1. The van der Waals surface area contributed by atoms with Crippen LogP contribution in [0.2, 0.25) is 5.02 Å². The van der Waals surface area contributed by atoms with Crippen molar-refractivity contribution >= 4 is 23.2 Å². The third kappa shape index (κ3) is 3.94. The number of likely N-dealkylation sites (tertiary alicyclic amines) is 1. The zero-order valence-corrected chi connectivity index (χ0v) is 13.0. The van der Waals surface area contributed by atoms with Crippen LogP contribution in [0.5, 0.6) is 0 Å². The first-order valence-corrected chi connectivity index (χ1v) is 7.37. The number of carbonyl (C=O) groups excluding carboxylic acids is 1. The predicted octanol–water partition coefficient (Wildman–Crippen LogP) is 3.79. The number of nitro benzene ring substituents is 1. The third-order valence-corrected chi connectivity index (χ3v) is 4.40. The van der Waals surface area contributed by atoms with E-state index < -0.39 is 4.92 Å². The molecule has 1 aromatic rings. The van der Waals surface area contributed by atoms with Crippen molar-refractivity contribution in [2.45, 2.75) is 39.7 Å². The van der Waals surface area contributed by atoms with Gasteiger partial charge in [-0.25, -0.2) is 0 Å². The highest BCUT2D eigenvalue weighted by Crippen LogP contribution is 2.31. The Morgan fingerprint density at radius 2 is 2.10 bits per heavy atom. The van der Waals surface area contributed by atoms with Crippen LogP contribution in [0, 0.1) is 15.5 Å². The Bertz CT molecular complexity index is 572. The maximum atomic E-state index is 12.2. The van der Waals surface area contributed by atoms with Crippen LogP contribution in [0.3, 0.4) is 0 Å². The van der Waals surface area contributed by atoms with Crippen LogP contribution in [-0.2, 0) is 11.3 Å². The number of halogens is 1. The molecule has 6 heteroatoms. The standard InChI is InChI=1S/C15H19ClN2O3/c1-15(2)6-5-14(19)17(8-7-15)10-11-9-12(18(20)21)3-4-13(11)16/h3-4,9H,5-8,10H2,1-2H3. The van der Waals surface area contributed by atoms with Crippen LogP contribution >= 0.6 is 11.6 Å². The third-order valence-electron chi connectivity index (χ3n) is 4.03. The van der Waals surface area contributed by atoms with Crippen LogP contribution in [0.25, 0.3) is 0 Å². The zero-order chi connectivity index (χ0) is 15.6. The smallest absolute Gasteiger partial charge is 0.269 e. The van der Waals surface area contributed by atoms with Crippen molar-refractivity contribution in [2.75, 3.05) is 6.54 Å². The van der Waals surface area contributed by atoms with E-state index >= 15 is 0 Å². The molecule has 114 valence electrons. The number of benzene rings is 1. The molecular weight excluding hydrogens is 292 g/mol. The van der Waals surface area contributed by atoms with E-state index in [0.29, 0.717) is 30.1 Å². The number of rotatable bonds is 3. The molecule has 0 bridgehead atoms. The highest BCUT2D eigenvalue weighted by atomic mass is 35.5. The molecule has 0 atom stereocenters. The SMILES string of the molecule is CC1(C)CCC(=O)N(Cc2cc([N+](=O)[O-])ccc2Cl)CC1. The molecule has 0 N–H and O–H groups in total. The van der Waals surface area contributed by atoms with Crippen molar-refractivity contribution in [3.8, 4) is 0 Å². The molecule has 1 saturated heterocycles. The molecule has 0 unspecified atom stereocenters. The quantitative estimate of drug-likeness (QED) is 0.630. The van der Waals surface area contributed by atoms with Gasteiger partial charge in [-0.05, 0) is 29.9 Å². The van der Waals surface area contributed by atoms with E-state index in [0.717, 1.165) is 12.8 Å². The van der Waals surface area contributed by atoms with Gasteiger partial charge in [0.05, 0.1) is 4.92 Å². The lowest BCUT2D eigenvalue weighted by atomic mass is 9.85. The minimum atomic E-state index is -0.451. The summed E-state index contributed by atoms with van der Waals surface area (Å²) in [6.45, 7) is 5.30. The summed E-state index contributed by atoms with van der Waals surface area (Å²) in [5, 5.41) is 11.3. The van der Waals surface area contributed by atoms with Gasteiger partial charge in [0, 0.05) is 36.7 Å². The molecule has 1 aliphatic rings. The van der Waals surface area contributed by atoms with Crippen molar-refractivity contribution in [1.82, 2.24) is 4.90 Å². The van der Waals surface area contributed by atoms with Gasteiger partial charge in [0.15, 0.2) is 0 Å². The maximum Gasteiger partial charge on any atom is 0.269 e. The molecule has 0 saturated carbocycles. The topological polar surface area (TPSA) is 63.5 Å². The van der Waals surface area contributed by atoms with Gasteiger partial charge in [-0.3, -0.25) is 14.9 Å². The molecule has 0 aliphatic carbocycles. The molecule has 21 heavy (non-hydrogen) atoms. The molecular formula is C15H19ClN2O3. The van der Waals surface area contributed by atoms with Gasteiger partial charge in [0.2, 0.25) is 5.91 Å². The molecule has 1 amide bonds. The summed E-state index contributed by atoms with van der Waals surface area (Å²) < 4.78 is 0. The summed E-state index contributed by atoms with van der Waals surface area (Å²) in [7, 11) is 0.